The monoisotopic (exact) mass is 193 g/mol. The summed E-state index contributed by atoms with van der Waals surface area (Å²) in [7, 11) is 1.95. The van der Waals surface area contributed by atoms with Gasteiger partial charge < -0.3 is 10.6 Å². The topological polar surface area (TPSA) is 54.2 Å². The highest BCUT2D eigenvalue weighted by Gasteiger charge is 2.07. The minimum atomic E-state index is 0.772. The zero-order valence-corrected chi connectivity index (χ0v) is 8.54. The second kappa shape index (κ2) is 3.69. The van der Waals surface area contributed by atoms with Crippen LogP contribution in [0.25, 0.3) is 0 Å². The second-order valence-electron chi connectivity index (χ2n) is 3.41. The quantitative estimate of drug-likeness (QED) is 0.682. The molecule has 1 aliphatic rings. The first kappa shape index (κ1) is 9.05. The van der Waals surface area contributed by atoms with Crippen molar-refractivity contribution in [2.75, 3.05) is 13.1 Å². The minimum Gasteiger partial charge on any atom is -0.355 e. The fraction of sp³-hybridized carbons (Fsp3) is 0.556. The molecular weight excluding hydrogens is 178 g/mol. The fourth-order valence-corrected chi connectivity index (χ4v) is 1.51. The van der Waals surface area contributed by atoms with Gasteiger partial charge in [-0.1, -0.05) is 0 Å². The van der Waals surface area contributed by atoms with Gasteiger partial charge in [0.2, 0.25) is 0 Å². The zero-order chi connectivity index (χ0) is 9.97. The lowest BCUT2D eigenvalue weighted by atomic mass is 10.3. The third-order valence-corrected chi connectivity index (χ3v) is 2.37. The Morgan fingerprint density at radius 3 is 3.07 bits per heavy atom. The predicted molar refractivity (Wildman–Crippen MR) is 55.1 cm³/mol. The van der Waals surface area contributed by atoms with E-state index in [4.69, 9.17) is 0 Å². The molecule has 2 N–H and O–H groups in total. The van der Waals surface area contributed by atoms with Gasteiger partial charge in [0, 0.05) is 13.6 Å². The lowest BCUT2D eigenvalue weighted by molar-refractivity contribution is 0.687. The van der Waals surface area contributed by atoms with Gasteiger partial charge in [-0.2, -0.15) is 5.10 Å². The summed E-state index contributed by atoms with van der Waals surface area (Å²) in [5.41, 5.74) is 2.40. The van der Waals surface area contributed by atoms with Gasteiger partial charge in [0.25, 0.3) is 0 Å². The molecule has 0 saturated carbocycles. The SMILES string of the molecule is Cc1cnn(C)c1CNC1=NCCN1. The van der Waals surface area contributed by atoms with Gasteiger partial charge in [-0.3, -0.25) is 9.67 Å². The Balaban J connectivity index is 1.97. The number of rotatable bonds is 2. The molecule has 1 aromatic heterocycles. The van der Waals surface area contributed by atoms with Gasteiger partial charge in [0.15, 0.2) is 5.96 Å². The summed E-state index contributed by atoms with van der Waals surface area (Å²) in [5, 5.41) is 10.6. The summed E-state index contributed by atoms with van der Waals surface area (Å²) in [5.74, 6) is 0.894. The highest BCUT2D eigenvalue weighted by atomic mass is 15.3. The molecule has 76 valence electrons. The van der Waals surface area contributed by atoms with Crippen LogP contribution in [-0.2, 0) is 13.6 Å². The van der Waals surface area contributed by atoms with Gasteiger partial charge in [-0.15, -0.1) is 0 Å². The third kappa shape index (κ3) is 1.71. The van der Waals surface area contributed by atoms with E-state index in [-0.39, 0.29) is 0 Å². The molecule has 1 aliphatic heterocycles. The third-order valence-electron chi connectivity index (χ3n) is 2.37. The van der Waals surface area contributed by atoms with Gasteiger partial charge >= 0.3 is 0 Å². The number of aromatic nitrogens is 2. The Morgan fingerprint density at radius 1 is 1.64 bits per heavy atom. The van der Waals surface area contributed by atoms with Crippen LogP contribution < -0.4 is 10.6 Å². The number of nitrogens with one attached hydrogen (secondary N) is 2. The summed E-state index contributed by atoms with van der Waals surface area (Å²) in [4.78, 5) is 4.26. The number of aryl methyl sites for hydroxylation is 2. The van der Waals surface area contributed by atoms with E-state index in [2.05, 4.69) is 27.6 Å². The molecule has 2 rings (SSSR count). The van der Waals surface area contributed by atoms with E-state index in [1.807, 2.05) is 17.9 Å². The molecule has 5 nitrogen and oxygen atoms in total. The summed E-state index contributed by atoms with van der Waals surface area (Å²) in [6, 6.07) is 0. The molecule has 0 atom stereocenters. The average Bonchev–Trinajstić information content (AvgIpc) is 2.76. The van der Waals surface area contributed by atoms with Crippen LogP contribution in [0, 0.1) is 6.92 Å². The van der Waals surface area contributed by atoms with Gasteiger partial charge in [0.05, 0.1) is 25.0 Å². The van der Waals surface area contributed by atoms with E-state index in [9.17, 15) is 0 Å². The maximum Gasteiger partial charge on any atom is 0.191 e. The van der Waals surface area contributed by atoms with Crippen LogP contribution >= 0.6 is 0 Å². The van der Waals surface area contributed by atoms with Crippen LogP contribution in [0.3, 0.4) is 0 Å². The summed E-state index contributed by atoms with van der Waals surface area (Å²) in [6.07, 6.45) is 1.88. The van der Waals surface area contributed by atoms with Gasteiger partial charge in [-0.25, -0.2) is 0 Å². The van der Waals surface area contributed by atoms with Crippen molar-refractivity contribution in [2.24, 2.45) is 12.0 Å². The fourth-order valence-electron chi connectivity index (χ4n) is 1.51. The van der Waals surface area contributed by atoms with E-state index in [1.54, 1.807) is 0 Å². The molecular formula is C9H15N5. The molecule has 14 heavy (non-hydrogen) atoms. The molecule has 0 fully saturated rings. The Bertz CT molecular complexity index is 333. The van der Waals surface area contributed by atoms with Crippen LogP contribution in [0.1, 0.15) is 11.3 Å². The normalized spacial score (nSPS) is 15.1. The predicted octanol–water partition coefficient (Wildman–Crippen LogP) is -0.223. The van der Waals surface area contributed by atoms with Gasteiger partial charge in [0.1, 0.15) is 0 Å². The first-order valence-electron chi connectivity index (χ1n) is 4.77. The van der Waals surface area contributed by atoms with E-state index < -0.39 is 0 Å². The molecule has 0 aliphatic carbocycles. The maximum atomic E-state index is 4.26. The number of aliphatic imine (C=N–C) groups is 1. The van der Waals surface area contributed by atoms with Crippen molar-refractivity contribution in [1.29, 1.82) is 0 Å². The minimum absolute atomic E-state index is 0.772. The van der Waals surface area contributed by atoms with E-state index in [0.29, 0.717) is 0 Å². The molecule has 0 bridgehead atoms. The number of hydrogen-bond donors (Lipinski definition) is 2. The van der Waals surface area contributed by atoms with Crippen molar-refractivity contribution in [3.8, 4) is 0 Å². The largest absolute Gasteiger partial charge is 0.355 e. The van der Waals surface area contributed by atoms with Crippen LogP contribution in [0.5, 0.6) is 0 Å². The van der Waals surface area contributed by atoms with Crippen LogP contribution in [0.2, 0.25) is 0 Å². The van der Waals surface area contributed by atoms with Crippen molar-refractivity contribution in [3.63, 3.8) is 0 Å². The summed E-state index contributed by atoms with van der Waals surface area (Å²) < 4.78 is 1.89. The maximum absolute atomic E-state index is 4.26. The van der Waals surface area contributed by atoms with Crippen molar-refractivity contribution >= 4 is 5.96 Å². The number of guanidine groups is 1. The molecule has 0 amide bonds. The molecule has 0 radical (unpaired) electrons. The average molecular weight is 193 g/mol. The summed E-state index contributed by atoms with van der Waals surface area (Å²) in [6.45, 7) is 4.64. The lowest BCUT2D eigenvalue weighted by Gasteiger charge is -2.07. The highest BCUT2D eigenvalue weighted by Crippen LogP contribution is 2.04. The molecule has 0 saturated heterocycles. The first-order chi connectivity index (χ1) is 6.77. The van der Waals surface area contributed by atoms with Gasteiger partial charge in [-0.05, 0) is 12.5 Å². The zero-order valence-electron chi connectivity index (χ0n) is 8.54. The first-order valence-corrected chi connectivity index (χ1v) is 4.77. The molecule has 1 aromatic rings. The molecule has 2 heterocycles. The molecule has 0 aromatic carbocycles. The van der Waals surface area contributed by atoms with Crippen molar-refractivity contribution in [2.45, 2.75) is 13.5 Å². The van der Waals surface area contributed by atoms with E-state index >= 15 is 0 Å². The second-order valence-corrected chi connectivity index (χ2v) is 3.41. The van der Waals surface area contributed by atoms with Crippen molar-refractivity contribution < 1.29 is 0 Å². The number of hydrogen-bond acceptors (Lipinski definition) is 4. The van der Waals surface area contributed by atoms with E-state index in [0.717, 1.165) is 25.6 Å². The van der Waals surface area contributed by atoms with Crippen molar-refractivity contribution in [3.05, 3.63) is 17.5 Å². The van der Waals surface area contributed by atoms with Crippen molar-refractivity contribution in [1.82, 2.24) is 20.4 Å². The Hall–Kier alpha value is -1.52. The standard InChI is InChI=1S/C9H15N5/c1-7-5-13-14(2)8(7)6-12-9-10-3-4-11-9/h5H,3-4,6H2,1-2H3,(H2,10,11,12). The van der Waals surface area contributed by atoms with E-state index in [1.165, 1.54) is 11.3 Å². The molecule has 5 heteroatoms. The van der Waals surface area contributed by atoms with Crippen LogP contribution in [-0.4, -0.2) is 28.8 Å². The summed E-state index contributed by atoms with van der Waals surface area (Å²) >= 11 is 0. The lowest BCUT2D eigenvalue weighted by Crippen LogP contribution is -2.33. The Morgan fingerprint density at radius 2 is 2.50 bits per heavy atom. The number of nitrogens with zero attached hydrogens (tertiary/aromatic N) is 3. The van der Waals surface area contributed by atoms with Crippen LogP contribution in [0.15, 0.2) is 11.2 Å². The van der Waals surface area contributed by atoms with Crippen LogP contribution in [0.4, 0.5) is 0 Å². The smallest absolute Gasteiger partial charge is 0.191 e. The Kier molecular flexibility index (Phi) is 2.39. The highest BCUT2D eigenvalue weighted by molar-refractivity contribution is 5.81. The Labute approximate surface area is 83.2 Å². The molecule has 0 unspecified atom stereocenters. The molecule has 0 spiro atoms.